The SMILES string of the molecule is NC(=O)c1cc(OC(F)(F)F)c(CBr)nc1C(F)F. The third-order valence-electron chi connectivity index (χ3n) is 1.92. The molecule has 1 aromatic heterocycles. The molecule has 1 rings (SSSR count). The Kier molecular flexibility index (Phi) is 4.66. The first-order valence-electron chi connectivity index (χ1n) is 4.59. The number of carbonyl (C=O) groups excluding carboxylic acids is 1. The molecule has 1 aromatic rings. The first-order valence-corrected chi connectivity index (χ1v) is 5.71. The number of halogens is 6. The number of alkyl halides is 6. The van der Waals surface area contributed by atoms with Gasteiger partial charge in [0.05, 0.1) is 11.3 Å². The Morgan fingerprint density at radius 1 is 1.47 bits per heavy atom. The fourth-order valence-corrected chi connectivity index (χ4v) is 1.62. The van der Waals surface area contributed by atoms with Crippen LogP contribution in [0, 0.1) is 0 Å². The van der Waals surface area contributed by atoms with Crippen molar-refractivity contribution in [1.82, 2.24) is 4.98 Å². The van der Waals surface area contributed by atoms with Gasteiger partial charge in [0.15, 0.2) is 5.75 Å². The van der Waals surface area contributed by atoms with Crippen molar-refractivity contribution < 1.29 is 31.5 Å². The third-order valence-corrected chi connectivity index (χ3v) is 2.45. The summed E-state index contributed by atoms with van der Waals surface area (Å²) in [4.78, 5) is 14.2. The molecule has 1 heterocycles. The molecule has 0 atom stereocenters. The molecule has 1 amide bonds. The number of carbonyl (C=O) groups is 1. The molecule has 2 N–H and O–H groups in total. The van der Waals surface area contributed by atoms with Crippen LogP contribution in [0.3, 0.4) is 0 Å². The average molecular weight is 349 g/mol. The lowest BCUT2D eigenvalue weighted by Crippen LogP contribution is -2.21. The Balaban J connectivity index is 3.40. The van der Waals surface area contributed by atoms with Crippen LogP contribution < -0.4 is 10.5 Å². The number of rotatable bonds is 4. The van der Waals surface area contributed by atoms with Crippen molar-refractivity contribution in [2.75, 3.05) is 0 Å². The van der Waals surface area contributed by atoms with E-state index in [1.165, 1.54) is 0 Å². The predicted molar refractivity (Wildman–Crippen MR) is 57.0 cm³/mol. The van der Waals surface area contributed by atoms with E-state index in [0.717, 1.165) is 0 Å². The summed E-state index contributed by atoms with van der Waals surface area (Å²) in [6.45, 7) is 0. The second-order valence-corrected chi connectivity index (χ2v) is 3.77. The maximum Gasteiger partial charge on any atom is 0.573 e. The zero-order valence-corrected chi connectivity index (χ0v) is 10.6. The third kappa shape index (κ3) is 4.01. The van der Waals surface area contributed by atoms with E-state index in [1.807, 2.05) is 0 Å². The van der Waals surface area contributed by atoms with Gasteiger partial charge in [-0.3, -0.25) is 4.79 Å². The normalized spacial score (nSPS) is 11.7. The van der Waals surface area contributed by atoms with Crippen LogP contribution in [0.1, 0.15) is 28.2 Å². The van der Waals surface area contributed by atoms with Gasteiger partial charge in [-0.05, 0) is 6.07 Å². The molecular formula is C9H6BrF5N2O2. The molecule has 0 bridgehead atoms. The summed E-state index contributed by atoms with van der Waals surface area (Å²) in [5.41, 5.74) is 2.59. The van der Waals surface area contributed by atoms with Crippen molar-refractivity contribution in [3.63, 3.8) is 0 Å². The van der Waals surface area contributed by atoms with Crippen LogP contribution in [0.25, 0.3) is 0 Å². The van der Waals surface area contributed by atoms with E-state index in [9.17, 15) is 26.7 Å². The van der Waals surface area contributed by atoms with Crippen molar-refractivity contribution in [1.29, 1.82) is 0 Å². The number of aromatic nitrogens is 1. The van der Waals surface area contributed by atoms with Crippen molar-refractivity contribution in [3.8, 4) is 5.75 Å². The van der Waals surface area contributed by atoms with Crippen LogP contribution in [0.2, 0.25) is 0 Å². The van der Waals surface area contributed by atoms with Gasteiger partial charge < -0.3 is 10.5 Å². The minimum absolute atomic E-state index is 0.267. The number of amides is 1. The number of ether oxygens (including phenoxy) is 1. The van der Waals surface area contributed by atoms with Gasteiger partial charge in [0.2, 0.25) is 0 Å². The van der Waals surface area contributed by atoms with Gasteiger partial charge in [-0.25, -0.2) is 13.8 Å². The first-order chi connectivity index (χ1) is 8.65. The number of nitrogens with two attached hydrogens (primary N) is 1. The van der Waals surface area contributed by atoms with Crippen LogP contribution in [0.4, 0.5) is 22.0 Å². The van der Waals surface area contributed by atoms with Crippen LogP contribution in [-0.2, 0) is 5.33 Å². The molecule has 19 heavy (non-hydrogen) atoms. The van der Waals surface area contributed by atoms with Crippen LogP contribution in [-0.4, -0.2) is 17.3 Å². The van der Waals surface area contributed by atoms with Gasteiger partial charge in [-0.1, -0.05) is 15.9 Å². The van der Waals surface area contributed by atoms with Crippen LogP contribution in [0.15, 0.2) is 6.07 Å². The van der Waals surface area contributed by atoms with Crippen LogP contribution in [0.5, 0.6) is 5.75 Å². The monoisotopic (exact) mass is 348 g/mol. The quantitative estimate of drug-likeness (QED) is 0.672. The smallest absolute Gasteiger partial charge is 0.404 e. The average Bonchev–Trinajstić information content (AvgIpc) is 2.25. The van der Waals surface area contributed by atoms with Gasteiger partial charge in [-0.2, -0.15) is 0 Å². The van der Waals surface area contributed by atoms with E-state index in [2.05, 4.69) is 25.7 Å². The van der Waals surface area contributed by atoms with Crippen LogP contribution >= 0.6 is 15.9 Å². The molecule has 0 aliphatic heterocycles. The second-order valence-electron chi connectivity index (χ2n) is 3.21. The minimum atomic E-state index is -5.04. The molecule has 106 valence electrons. The van der Waals surface area contributed by atoms with E-state index in [4.69, 9.17) is 5.73 Å². The lowest BCUT2D eigenvalue weighted by molar-refractivity contribution is -0.275. The number of primary amides is 1. The lowest BCUT2D eigenvalue weighted by Gasteiger charge is -2.14. The van der Waals surface area contributed by atoms with Gasteiger partial charge in [-0.15, -0.1) is 13.2 Å². The molecule has 0 radical (unpaired) electrons. The number of pyridine rings is 1. The Morgan fingerprint density at radius 3 is 2.42 bits per heavy atom. The minimum Gasteiger partial charge on any atom is -0.404 e. The highest BCUT2D eigenvalue weighted by molar-refractivity contribution is 9.08. The molecule has 0 aromatic carbocycles. The zero-order valence-electron chi connectivity index (χ0n) is 8.97. The Labute approximate surface area is 111 Å². The largest absolute Gasteiger partial charge is 0.573 e. The fraction of sp³-hybridized carbons (Fsp3) is 0.333. The predicted octanol–water partition coefficient (Wildman–Crippen LogP) is 2.91. The van der Waals surface area contributed by atoms with E-state index in [-0.39, 0.29) is 5.33 Å². The van der Waals surface area contributed by atoms with E-state index in [0.29, 0.717) is 6.07 Å². The molecule has 0 aliphatic carbocycles. The second kappa shape index (κ2) is 5.68. The topological polar surface area (TPSA) is 65.2 Å². The zero-order chi connectivity index (χ0) is 14.8. The van der Waals surface area contributed by atoms with Crippen molar-refractivity contribution >= 4 is 21.8 Å². The fourth-order valence-electron chi connectivity index (χ4n) is 1.22. The van der Waals surface area contributed by atoms with Crippen molar-refractivity contribution in [2.24, 2.45) is 5.73 Å². The number of nitrogens with zero attached hydrogens (tertiary/aromatic N) is 1. The van der Waals surface area contributed by atoms with E-state index in [1.54, 1.807) is 0 Å². The molecule has 0 aliphatic rings. The highest BCUT2D eigenvalue weighted by atomic mass is 79.9. The summed E-state index contributed by atoms with van der Waals surface area (Å²) < 4.78 is 65.2. The number of hydrogen-bond donors (Lipinski definition) is 1. The van der Waals surface area contributed by atoms with Gasteiger partial charge >= 0.3 is 6.36 Å². The summed E-state index contributed by atoms with van der Waals surface area (Å²) in [5, 5.41) is -0.267. The Hall–Kier alpha value is -1.45. The lowest BCUT2D eigenvalue weighted by atomic mass is 10.1. The Morgan fingerprint density at radius 2 is 2.05 bits per heavy atom. The Bertz CT molecular complexity index is 492. The molecule has 0 spiro atoms. The summed E-state index contributed by atoms with van der Waals surface area (Å²) in [6.07, 6.45) is -8.19. The van der Waals surface area contributed by atoms with Crippen molar-refractivity contribution in [2.45, 2.75) is 18.1 Å². The van der Waals surface area contributed by atoms with Gasteiger partial charge in [0, 0.05) is 5.33 Å². The van der Waals surface area contributed by atoms with Gasteiger partial charge in [0.1, 0.15) is 5.69 Å². The molecule has 0 fully saturated rings. The highest BCUT2D eigenvalue weighted by Crippen LogP contribution is 2.31. The molecule has 0 unspecified atom stereocenters. The standard InChI is InChI=1S/C9H6BrF5N2O2/c10-2-4-5(19-9(13,14)15)1-3(8(16)18)6(17-4)7(11)12/h1,7H,2H2,(H2,16,18). The van der Waals surface area contributed by atoms with Gasteiger partial charge in [0.25, 0.3) is 12.3 Å². The summed E-state index contributed by atoms with van der Waals surface area (Å²) >= 11 is 2.79. The molecular weight excluding hydrogens is 343 g/mol. The molecule has 4 nitrogen and oxygen atoms in total. The maximum absolute atomic E-state index is 12.6. The molecule has 0 saturated carbocycles. The van der Waals surface area contributed by atoms with E-state index >= 15 is 0 Å². The van der Waals surface area contributed by atoms with Crippen molar-refractivity contribution in [3.05, 3.63) is 23.0 Å². The summed E-state index contributed by atoms with van der Waals surface area (Å²) in [6, 6.07) is 0.501. The molecule has 0 saturated heterocycles. The number of hydrogen-bond acceptors (Lipinski definition) is 3. The van der Waals surface area contributed by atoms with E-state index < -0.39 is 41.4 Å². The summed E-state index contributed by atoms with van der Waals surface area (Å²) in [5.74, 6) is -2.18. The molecule has 10 heteroatoms. The summed E-state index contributed by atoms with van der Waals surface area (Å²) in [7, 11) is 0. The first kappa shape index (κ1) is 15.6. The highest BCUT2D eigenvalue weighted by Gasteiger charge is 2.33. The maximum atomic E-state index is 12.6.